The molecule has 1 aromatic heterocycles. The normalized spacial score (nSPS) is 11.9. The van der Waals surface area contributed by atoms with Crippen LogP contribution in [0, 0.1) is 0 Å². The average Bonchev–Trinajstić information content (AvgIpc) is 3.05. The topological polar surface area (TPSA) is 54.9 Å². The first-order chi connectivity index (χ1) is 11.6. The first kappa shape index (κ1) is 17.2. The third-order valence-electron chi connectivity index (χ3n) is 3.03. The van der Waals surface area contributed by atoms with Crippen LogP contribution < -0.4 is 5.32 Å². The maximum Gasteiger partial charge on any atom is 0.242 e. The van der Waals surface area contributed by atoms with Crippen LogP contribution >= 0.6 is 46.3 Å². The molecule has 0 saturated carbocycles. The van der Waals surface area contributed by atoms with Crippen LogP contribution in [-0.2, 0) is 4.79 Å². The fourth-order valence-corrected chi connectivity index (χ4v) is 4.25. The lowest BCUT2D eigenvalue weighted by molar-refractivity contribution is -0.115. The van der Waals surface area contributed by atoms with Crippen molar-refractivity contribution in [2.24, 2.45) is 0 Å². The van der Waals surface area contributed by atoms with Crippen LogP contribution in [0.2, 0.25) is 10.0 Å². The van der Waals surface area contributed by atoms with Crippen molar-refractivity contribution in [2.45, 2.75) is 9.59 Å². The van der Waals surface area contributed by atoms with E-state index in [1.807, 2.05) is 30.3 Å². The van der Waals surface area contributed by atoms with Crippen molar-refractivity contribution in [3.05, 3.63) is 69.7 Å². The molecule has 1 unspecified atom stereocenters. The zero-order chi connectivity index (χ0) is 16.9. The van der Waals surface area contributed by atoms with Gasteiger partial charge in [-0.25, -0.2) is 0 Å². The molecule has 0 aliphatic heterocycles. The summed E-state index contributed by atoms with van der Waals surface area (Å²) in [6, 6.07) is 14.4. The number of nitrogens with one attached hydrogen (secondary N) is 1. The zero-order valence-corrected chi connectivity index (χ0v) is 15.3. The van der Waals surface area contributed by atoms with Crippen molar-refractivity contribution in [2.75, 3.05) is 5.32 Å². The molecule has 2 aromatic carbocycles. The summed E-state index contributed by atoms with van der Waals surface area (Å²) in [5.41, 5.74) is 3.07. The van der Waals surface area contributed by atoms with Crippen LogP contribution in [0.4, 0.5) is 5.69 Å². The summed E-state index contributed by atoms with van der Waals surface area (Å²) in [7, 11) is 0. The van der Waals surface area contributed by atoms with E-state index < -0.39 is 5.25 Å². The van der Waals surface area contributed by atoms with E-state index in [2.05, 4.69) is 15.5 Å². The molecule has 4 nitrogen and oxygen atoms in total. The summed E-state index contributed by atoms with van der Waals surface area (Å²) in [6.07, 6.45) is 0. The fourth-order valence-electron chi connectivity index (χ4n) is 2.05. The van der Waals surface area contributed by atoms with Gasteiger partial charge in [0.15, 0.2) is 4.34 Å². The van der Waals surface area contributed by atoms with Crippen molar-refractivity contribution in [1.29, 1.82) is 0 Å². The van der Waals surface area contributed by atoms with Crippen molar-refractivity contribution >= 4 is 57.9 Å². The number of hydrogen-bond donors (Lipinski definition) is 1. The van der Waals surface area contributed by atoms with Gasteiger partial charge in [-0.3, -0.25) is 4.79 Å². The number of hydrogen-bond acceptors (Lipinski definition) is 5. The molecule has 0 bridgehead atoms. The Hall–Kier alpha value is -1.60. The monoisotopic (exact) mass is 395 g/mol. The second-order valence-corrected chi connectivity index (χ2v) is 7.82. The summed E-state index contributed by atoms with van der Waals surface area (Å²) in [5, 5.41) is 11.2. The predicted octanol–water partition coefficient (Wildman–Crippen LogP) is 5.32. The smallest absolute Gasteiger partial charge is 0.242 e. The van der Waals surface area contributed by atoms with Gasteiger partial charge >= 0.3 is 0 Å². The molecule has 8 heteroatoms. The Balaban J connectivity index is 1.85. The molecule has 0 saturated heterocycles. The highest BCUT2D eigenvalue weighted by atomic mass is 35.5. The van der Waals surface area contributed by atoms with Gasteiger partial charge in [-0.1, -0.05) is 76.6 Å². The number of anilines is 1. The van der Waals surface area contributed by atoms with Gasteiger partial charge in [0.2, 0.25) is 5.91 Å². The highest BCUT2D eigenvalue weighted by Gasteiger charge is 2.23. The molecule has 0 fully saturated rings. The lowest BCUT2D eigenvalue weighted by Crippen LogP contribution is -2.19. The van der Waals surface area contributed by atoms with E-state index in [4.69, 9.17) is 23.2 Å². The van der Waals surface area contributed by atoms with E-state index >= 15 is 0 Å². The van der Waals surface area contributed by atoms with Gasteiger partial charge < -0.3 is 5.32 Å². The molecular weight excluding hydrogens is 385 g/mol. The minimum absolute atomic E-state index is 0.181. The van der Waals surface area contributed by atoms with Crippen molar-refractivity contribution in [3.8, 4) is 0 Å². The van der Waals surface area contributed by atoms with E-state index in [0.717, 1.165) is 9.90 Å². The molecule has 1 heterocycles. The second-order valence-electron chi connectivity index (χ2n) is 4.76. The highest BCUT2D eigenvalue weighted by Crippen LogP contribution is 2.37. The van der Waals surface area contributed by atoms with Gasteiger partial charge in [0, 0.05) is 15.7 Å². The van der Waals surface area contributed by atoms with Crippen LogP contribution in [0.15, 0.2) is 58.4 Å². The Labute approximate surface area is 157 Å². The number of aromatic nitrogens is 2. The average molecular weight is 396 g/mol. The largest absolute Gasteiger partial charge is 0.325 e. The van der Waals surface area contributed by atoms with Crippen molar-refractivity contribution < 1.29 is 4.79 Å². The van der Waals surface area contributed by atoms with E-state index in [1.54, 1.807) is 23.7 Å². The van der Waals surface area contributed by atoms with Gasteiger partial charge in [-0.2, -0.15) is 0 Å². The van der Waals surface area contributed by atoms with Gasteiger partial charge in [0.05, 0.1) is 0 Å². The number of nitrogens with zero attached hydrogens (tertiary/aromatic N) is 2. The minimum atomic E-state index is -0.461. The number of carbonyl (C=O) groups is 1. The summed E-state index contributed by atoms with van der Waals surface area (Å²) < 4.78 is 0.725. The number of amides is 1. The quantitative estimate of drug-likeness (QED) is 0.594. The predicted molar refractivity (Wildman–Crippen MR) is 100 cm³/mol. The lowest BCUT2D eigenvalue weighted by atomic mass is 10.1. The van der Waals surface area contributed by atoms with E-state index in [9.17, 15) is 4.79 Å². The molecule has 24 heavy (non-hydrogen) atoms. The van der Waals surface area contributed by atoms with E-state index in [1.165, 1.54) is 23.1 Å². The Kier molecular flexibility index (Phi) is 5.73. The molecule has 1 N–H and O–H groups in total. The third kappa shape index (κ3) is 4.48. The van der Waals surface area contributed by atoms with Crippen molar-refractivity contribution in [3.63, 3.8) is 0 Å². The number of benzene rings is 2. The molecule has 0 spiro atoms. The Morgan fingerprint density at radius 1 is 1.12 bits per heavy atom. The van der Waals surface area contributed by atoms with Crippen LogP contribution in [0.25, 0.3) is 0 Å². The maximum atomic E-state index is 12.8. The molecule has 0 aliphatic rings. The summed E-state index contributed by atoms with van der Waals surface area (Å²) in [5.74, 6) is -0.181. The lowest BCUT2D eigenvalue weighted by Gasteiger charge is -2.16. The van der Waals surface area contributed by atoms with Gasteiger partial charge in [0.1, 0.15) is 10.8 Å². The molecular formula is C16H11Cl2N3OS2. The first-order valence-corrected chi connectivity index (χ1v) is 9.38. The molecule has 0 aliphatic carbocycles. The molecule has 1 amide bonds. The van der Waals surface area contributed by atoms with Crippen LogP contribution in [0.3, 0.4) is 0 Å². The van der Waals surface area contributed by atoms with Gasteiger partial charge in [-0.05, 0) is 23.8 Å². The van der Waals surface area contributed by atoms with E-state index in [0.29, 0.717) is 15.7 Å². The molecule has 1 atom stereocenters. The number of thioether (sulfide) groups is 1. The summed E-state index contributed by atoms with van der Waals surface area (Å²) in [4.78, 5) is 12.8. The number of carbonyl (C=O) groups excluding carboxylic acids is 1. The molecule has 3 aromatic rings. The van der Waals surface area contributed by atoms with E-state index in [-0.39, 0.29) is 5.91 Å². The second kappa shape index (κ2) is 7.98. The Morgan fingerprint density at radius 2 is 1.83 bits per heavy atom. The summed E-state index contributed by atoms with van der Waals surface area (Å²) in [6.45, 7) is 0. The standard InChI is InChI=1S/C16H11Cl2N3OS2/c17-11-6-12(18)8-13(7-11)20-15(22)14(10-4-2-1-3-5-10)24-16-21-19-9-23-16/h1-9,14H,(H,20,22). The number of halogens is 2. The minimum Gasteiger partial charge on any atom is -0.325 e. The molecule has 122 valence electrons. The third-order valence-corrected chi connectivity index (χ3v) is 5.53. The highest BCUT2D eigenvalue weighted by molar-refractivity contribution is 8.01. The van der Waals surface area contributed by atoms with Gasteiger partial charge in [0.25, 0.3) is 0 Å². The molecule has 3 rings (SSSR count). The van der Waals surface area contributed by atoms with Crippen LogP contribution in [0.1, 0.15) is 10.8 Å². The Morgan fingerprint density at radius 3 is 2.46 bits per heavy atom. The van der Waals surface area contributed by atoms with Crippen LogP contribution in [0.5, 0.6) is 0 Å². The first-order valence-electron chi connectivity index (χ1n) is 6.86. The van der Waals surface area contributed by atoms with Gasteiger partial charge in [-0.15, -0.1) is 10.2 Å². The number of rotatable bonds is 5. The summed E-state index contributed by atoms with van der Waals surface area (Å²) >= 11 is 14.7. The zero-order valence-electron chi connectivity index (χ0n) is 12.1. The van der Waals surface area contributed by atoms with Crippen molar-refractivity contribution in [1.82, 2.24) is 10.2 Å². The van der Waals surface area contributed by atoms with Crippen LogP contribution in [-0.4, -0.2) is 16.1 Å². The Bertz CT molecular complexity index is 808. The SMILES string of the molecule is O=C(Nc1cc(Cl)cc(Cl)c1)C(Sc1nncs1)c1ccccc1. The fraction of sp³-hybridized carbons (Fsp3) is 0.0625. The molecule has 0 radical (unpaired) electrons. The maximum absolute atomic E-state index is 12.8.